The van der Waals surface area contributed by atoms with Gasteiger partial charge in [0.1, 0.15) is 0 Å². The van der Waals surface area contributed by atoms with Gasteiger partial charge in [0.15, 0.2) is 0 Å². The van der Waals surface area contributed by atoms with Crippen molar-refractivity contribution < 1.29 is 0 Å². The van der Waals surface area contributed by atoms with Gasteiger partial charge in [-0.25, -0.2) is 0 Å². The number of fused-ring (bicyclic) bond motifs is 1. The minimum atomic E-state index is 0. The van der Waals surface area contributed by atoms with E-state index in [1.54, 1.807) is 0 Å². The molecule has 0 spiro atoms. The standard InChI is InChI=1S/C13H19N3.ClH/c1-10(2)5-6-14-8-11-3-4-12-9-15-16-13(12)7-11;/h3-4,7,9-10,14H,5-6,8H2,1-2H3,(H,15,16);1H. The third kappa shape index (κ3) is 4.02. The molecule has 2 N–H and O–H groups in total. The summed E-state index contributed by atoms with van der Waals surface area (Å²) in [6, 6.07) is 6.42. The molecule has 0 radical (unpaired) electrons. The Labute approximate surface area is 108 Å². The molecule has 0 saturated carbocycles. The number of nitrogens with one attached hydrogen (secondary N) is 2. The second-order valence-corrected chi connectivity index (χ2v) is 4.65. The SMILES string of the molecule is CC(C)CCNCc1ccc2cn[nH]c2c1.Cl. The Kier molecular flexibility index (Phi) is 5.45. The molecule has 0 amide bonds. The third-order valence-electron chi connectivity index (χ3n) is 2.73. The molecule has 1 aromatic carbocycles. The number of hydrogen-bond acceptors (Lipinski definition) is 2. The maximum Gasteiger partial charge on any atom is 0.0653 e. The summed E-state index contributed by atoms with van der Waals surface area (Å²) in [5.41, 5.74) is 2.42. The number of aromatic amines is 1. The van der Waals surface area contributed by atoms with Crippen molar-refractivity contribution >= 4 is 23.3 Å². The second kappa shape index (κ2) is 6.62. The fourth-order valence-corrected chi connectivity index (χ4v) is 1.72. The van der Waals surface area contributed by atoms with Gasteiger partial charge >= 0.3 is 0 Å². The Bertz CT molecular complexity index is 451. The van der Waals surface area contributed by atoms with Gasteiger partial charge in [0.2, 0.25) is 0 Å². The summed E-state index contributed by atoms with van der Waals surface area (Å²) in [7, 11) is 0. The predicted molar refractivity (Wildman–Crippen MR) is 74.5 cm³/mol. The molecule has 0 saturated heterocycles. The highest BCUT2D eigenvalue weighted by atomic mass is 35.5. The molecule has 0 fully saturated rings. The van der Waals surface area contributed by atoms with Gasteiger partial charge in [0, 0.05) is 11.9 Å². The first-order valence-corrected chi connectivity index (χ1v) is 5.88. The highest BCUT2D eigenvalue weighted by molar-refractivity contribution is 5.85. The lowest BCUT2D eigenvalue weighted by molar-refractivity contribution is 0.537. The van der Waals surface area contributed by atoms with Crippen molar-refractivity contribution in [2.24, 2.45) is 5.92 Å². The molecule has 2 rings (SSSR count). The van der Waals surface area contributed by atoms with E-state index in [1.165, 1.54) is 17.4 Å². The molecular formula is C13H20ClN3. The lowest BCUT2D eigenvalue weighted by atomic mass is 10.1. The maximum absolute atomic E-state index is 4.02. The topological polar surface area (TPSA) is 40.7 Å². The lowest BCUT2D eigenvalue weighted by Crippen LogP contribution is -2.16. The van der Waals surface area contributed by atoms with Crippen molar-refractivity contribution in [3.05, 3.63) is 30.0 Å². The zero-order valence-corrected chi connectivity index (χ0v) is 11.2. The van der Waals surface area contributed by atoms with Crippen molar-refractivity contribution in [3.8, 4) is 0 Å². The molecule has 0 unspecified atom stereocenters. The summed E-state index contributed by atoms with van der Waals surface area (Å²) in [6.45, 7) is 6.51. The average molecular weight is 254 g/mol. The summed E-state index contributed by atoms with van der Waals surface area (Å²) in [5.74, 6) is 0.766. The van der Waals surface area contributed by atoms with E-state index in [0.717, 1.165) is 24.5 Å². The number of halogens is 1. The number of benzene rings is 1. The van der Waals surface area contributed by atoms with E-state index in [-0.39, 0.29) is 12.4 Å². The quantitative estimate of drug-likeness (QED) is 0.804. The first-order chi connectivity index (χ1) is 7.75. The average Bonchev–Trinajstić information content (AvgIpc) is 2.71. The van der Waals surface area contributed by atoms with Crippen LogP contribution in [0.2, 0.25) is 0 Å². The van der Waals surface area contributed by atoms with Crippen LogP contribution in [0.15, 0.2) is 24.4 Å². The highest BCUT2D eigenvalue weighted by Crippen LogP contribution is 2.12. The maximum atomic E-state index is 4.02. The molecule has 0 aliphatic rings. The lowest BCUT2D eigenvalue weighted by Gasteiger charge is -2.06. The molecule has 94 valence electrons. The molecular weight excluding hydrogens is 234 g/mol. The predicted octanol–water partition coefficient (Wildman–Crippen LogP) is 3.12. The van der Waals surface area contributed by atoms with Crippen LogP contribution in [0.1, 0.15) is 25.8 Å². The fourth-order valence-electron chi connectivity index (χ4n) is 1.72. The van der Waals surface area contributed by atoms with Gasteiger partial charge in [0.05, 0.1) is 11.7 Å². The molecule has 0 aliphatic heterocycles. The van der Waals surface area contributed by atoms with E-state index >= 15 is 0 Å². The number of H-pyrrole nitrogens is 1. The van der Waals surface area contributed by atoms with Gasteiger partial charge in [-0.05, 0) is 30.5 Å². The number of nitrogens with zero attached hydrogens (tertiary/aromatic N) is 1. The summed E-state index contributed by atoms with van der Waals surface area (Å²) in [4.78, 5) is 0. The Morgan fingerprint density at radius 3 is 2.94 bits per heavy atom. The molecule has 2 aromatic rings. The van der Waals surface area contributed by atoms with Crippen molar-refractivity contribution in [1.29, 1.82) is 0 Å². The Morgan fingerprint density at radius 1 is 1.35 bits per heavy atom. The highest BCUT2D eigenvalue weighted by Gasteiger charge is 1.98. The van der Waals surface area contributed by atoms with Crippen molar-refractivity contribution in [3.63, 3.8) is 0 Å². The summed E-state index contributed by atoms with van der Waals surface area (Å²) in [5, 5.41) is 11.6. The van der Waals surface area contributed by atoms with Crippen LogP contribution >= 0.6 is 12.4 Å². The van der Waals surface area contributed by atoms with Gasteiger partial charge in [-0.15, -0.1) is 12.4 Å². The molecule has 0 atom stereocenters. The van der Waals surface area contributed by atoms with Crippen molar-refractivity contribution in [1.82, 2.24) is 15.5 Å². The van der Waals surface area contributed by atoms with Crippen LogP contribution < -0.4 is 5.32 Å². The Hall–Kier alpha value is -1.06. The first kappa shape index (κ1) is 14.0. The summed E-state index contributed by atoms with van der Waals surface area (Å²) in [6.07, 6.45) is 3.08. The van der Waals surface area contributed by atoms with Crippen molar-refractivity contribution in [2.75, 3.05) is 6.54 Å². The van der Waals surface area contributed by atoms with E-state index in [4.69, 9.17) is 0 Å². The van der Waals surface area contributed by atoms with Gasteiger partial charge in [-0.1, -0.05) is 26.0 Å². The second-order valence-electron chi connectivity index (χ2n) is 4.65. The van der Waals surface area contributed by atoms with E-state index in [9.17, 15) is 0 Å². The molecule has 17 heavy (non-hydrogen) atoms. The van der Waals surface area contributed by atoms with Crippen molar-refractivity contribution in [2.45, 2.75) is 26.8 Å². The Morgan fingerprint density at radius 2 is 2.18 bits per heavy atom. The minimum absolute atomic E-state index is 0. The largest absolute Gasteiger partial charge is 0.313 e. The number of rotatable bonds is 5. The monoisotopic (exact) mass is 253 g/mol. The van der Waals surface area contributed by atoms with Gasteiger partial charge in [-0.3, -0.25) is 5.10 Å². The number of aromatic nitrogens is 2. The minimum Gasteiger partial charge on any atom is -0.313 e. The fraction of sp³-hybridized carbons (Fsp3) is 0.462. The molecule has 1 aromatic heterocycles. The summed E-state index contributed by atoms with van der Waals surface area (Å²) >= 11 is 0. The van der Waals surface area contributed by atoms with Crippen LogP contribution in [0.5, 0.6) is 0 Å². The summed E-state index contributed by atoms with van der Waals surface area (Å²) < 4.78 is 0. The zero-order chi connectivity index (χ0) is 11.4. The normalized spacial score (nSPS) is 10.8. The van der Waals surface area contributed by atoms with Crippen LogP contribution in [0.25, 0.3) is 10.9 Å². The number of hydrogen-bond donors (Lipinski definition) is 2. The van der Waals surface area contributed by atoms with Gasteiger partial charge in [0.25, 0.3) is 0 Å². The Balaban J connectivity index is 0.00000144. The molecule has 0 aliphatic carbocycles. The molecule has 3 nitrogen and oxygen atoms in total. The molecule has 1 heterocycles. The van der Waals surface area contributed by atoms with E-state index in [1.807, 2.05) is 6.20 Å². The van der Waals surface area contributed by atoms with Crippen LogP contribution in [0.4, 0.5) is 0 Å². The van der Waals surface area contributed by atoms with Crippen LogP contribution in [-0.2, 0) is 6.54 Å². The van der Waals surface area contributed by atoms with Crippen LogP contribution in [0.3, 0.4) is 0 Å². The van der Waals surface area contributed by atoms with E-state index in [2.05, 4.69) is 47.6 Å². The van der Waals surface area contributed by atoms with E-state index in [0.29, 0.717) is 0 Å². The first-order valence-electron chi connectivity index (χ1n) is 5.88. The van der Waals surface area contributed by atoms with Crippen LogP contribution in [0, 0.1) is 5.92 Å². The van der Waals surface area contributed by atoms with Gasteiger partial charge < -0.3 is 5.32 Å². The van der Waals surface area contributed by atoms with Crippen LogP contribution in [-0.4, -0.2) is 16.7 Å². The van der Waals surface area contributed by atoms with Gasteiger partial charge in [-0.2, -0.15) is 5.10 Å². The van der Waals surface area contributed by atoms with E-state index < -0.39 is 0 Å². The molecule has 0 bridgehead atoms. The zero-order valence-electron chi connectivity index (χ0n) is 10.4. The smallest absolute Gasteiger partial charge is 0.0653 e. The third-order valence-corrected chi connectivity index (χ3v) is 2.73. The molecule has 4 heteroatoms.